The second kappa shape index (κ2) is 7.43. The minimum absolute atomic E-state index is 0.411. The Morgan fingerprint density at radius 3 is 1.75 bits per heavy atom. The van der Waals surface area contributed by atoms with E-state index in [1.54, 1.807) is 0 Å². The standard InChI is InChI=1S/C34H21NS/c1-2-12-22(13-3-1)32-24-15-5-4-14-23(24)31-33(35-32)25-16-6-7-17-26(25)34(31)27-18-8-10-20-29(27)36-30-21-11-9-19-28(30)34/h1-21H. The SMILES string of the molecule is c1ccc(-c2nc3c(c4ccccc24)C2(c4ccccc4Sc4ccccc42)c2ccccc2-3)cc1. The molecule has 0 unspecified atom stereocenters. The van der Waals surface area contributed by atoms with E-state index < -0.39 is 5.41 Å². The maximum absolute atomic E-state index is 5.48. The van der Waals surface area contributed by atoms with E-state index in [0.29, 0.717) is 0 Å². The molecule has 8 rings (SSSR count). The first kappa shape index (κ1) is 20.1. The Morgan fingerprint density at radius 2 is 1.03 bits per heavy atom. The van der Waals surface area contributed by atoms with Crippen LogP contribution in [0.25, 0.3) is 33.3 Å². The molecule has 0 radical (unpaired) electrons. The van der Waals surface area contributed by atoms with Crippen molar-refractivity contribution in [1.29, 1.82) is 0 Å². The number of pyridine rings is 1. The van der Waals surface area contributed by atoms with Crippen LogP contribution in [-0.2, 0) is 5.41 Å². The third kappa shape index (κ3) is 2.49. The number of fused-ring (bicyclic) bond motifs is 11. The molecule has 1 aliphatic heterocycles. The first-order chi connectivity index (χ1) is 17.9. The smallest absolute Gasteiger partial charge is 0.0788 e. The highest BCUT2D eigenvalue weighted by atomic mass is 32.2. The summed E-state index contributed by atoms with van der Waals surface area (Å²) < 4.78 is 0. The van der Waals surface area contributed by atoms with Gasteiger partial charge in [0.05, 0.1) is 16.8 Å². The predicted octanol–water partition coefficient (Wildman–Crippen LogP) is 8.73. The highest BCUT2D eigenvalue weighted by Crippen LogP contribution is 2.63. The summed E-state index contributed by atoms with van der Waals surface area (Å²) in [4.78, 5) is 8.11. The van der Waals surface area contributed by atoms with Gasteiger partial charge in [-0.15, -0.1) is 0 Å². The van der Waals surface area contributed by atoms with Crippen molar-refractivity contribution in [3.63, 3.8) is 0 Å². The molecule has 0 amide bonds. The van der Waals surface area contributed by atoms with Crippen molar-refractivity contribution in [2.45, 2.75) is 15.2 Å². The fourth-order valence-electron chi connectivity index (χ4n) is 6.36. The van der Waals surface area contributed by atoms with Crippen molar-refractivity contribution in [1.82, 2.24) is 4.98 Å². The molecule has 0 atom stereocenters. The van der Waals surface area contributed by atoms with Crippen LogP contribution in [0.3, 0.4) is 0 Å². The topological polar surface area (TPSA) is 12.9 Å². The van der Waals surface area contributed by atoms with Gasteiger partial charge >= 0.3 is 0 Å². The molecule has 36 heavy (non-hydrogen) atoms. The van der Waals surface area contributed by atoms with E-state index in [1.807, 2.05) is 11.8 Å². The summed E-state index contributed by atoms with van der Waals surface area (Å²) in [7, 11) is 0. The average molecular weight is 476 g/mol. The van der Waals surface area contributed by atoms with Crippen molar-refractivity contribution in [3.8, 4) is 22.5 Å². The summed E-state index contributed by atoms with van der Waals surface area (Å²) in [6.07, 6.45) is 0. The number of rotatable bonds is 1. The van der Waals surface area contributed by atoms with Crippen LogP contribution in [-0.4, -0.2) is 4.98 Å². The van der Waals surface area contributed by atoms with E-state index in [9.17, 15) is 0 Å². The van der Waals surface area contributed by atoms with Crippen LogP contribution in [0.1, 0.15) is 22.3 Å². The van der Waals surface area contributed by atoms with Gasteiger partial charge in [-0.25, -0.2) is 4.98 Å². The van der Waals surface area contributed by atoms with Gasteiger partial charge in [0.2, 0.25) is 0 Å². The van der Waals surface area contributed by atoms with Gasteiger partial charge in [0.15, 0.2) is 0 Å². The molecule has 0 bridgehead atoms. The van der Waals surface area contributed by atoms with Crippen molar-refractivity contribution < 1.29 is 0 Å². The van der Waals surface area contributed by atoms with Gasteiger partial charge in [0.25, 0.3) is 0 Å². The molecule has 1 aromatic heterocycles. The van der Waals surface area contributed by atoms with E-state index in [-0.39, 0.29) is 0 Å². The van der Waals surface area contributed by atoms with Gasteiger partial charge in [0, 0.05) is 31.9 Å². The minimum Gasteiger partial charge on any atom is -0.247 e. The summed E-state index contributed by atoms with van der Waals surface area (Å²) >= 11 is 1.88. The van der Waals surface area contributed by atoms with Crippen molar-refractivity contribution in [3.05, 3.63) is 150 Å². The number of nitrogens with zero attached hydrogens (tertiary/aromatic N) is 1. The predicted molar refractivity (Wildman–Crippen MR) is 149 cm³/mol. The Kier molecular flexibility index (Phi) is 4.15. The Morgan fingerprint density at radius 1 is 0.472 bits per heavy atom. The zero-order valence-electron chi connectivity index (χ0n) is 19.5. The van der Waals surface area contributed by atoms with E-state index >= 15 is 0 Å². The normalized spacial score (nSPS) is 14.2. The maximum Gasteiger partial charge on any atom is 0.0788 e. The van der Waals surface area contributed by atoms with Gasteiger partial charge in [0.1, 0.15) is 0 Å². The molecule has 1 aliphatic carbocycles. The van der Waals surface area contributed by atoms with Crippen LogP contribution in [0.4, 0.5) is 0 Å². The van der Waals surface area contributed by atoms with E-state index in [0.717, 1.165) is 17.0 Å². The Bertz CT molecular complexity index is 1770. The fraction of sp³-hybridized carbons (Fsp3) is 0.0294. The molecule has 2 aliphatic rings. The van der Waals surface area contributed by atoms with Gasteiger partial charge in [-0.05, 0) is 34.2 Å². The molecular formula is C34H21NS. The molecule has 2 heterocycles. The molecule has 1 spiro atoms. The highest BCUT2D eigenvalue weighted by molar-refractivity contribution is 7.99. The summed E-state index contributed by atoms with van der Waals surface area (Å²) in [5, 5.41) is 2.47. The Hall–Kier alpha value is -4.14. The summed E-state index contributed by atoms with van der Waals surface area (Å²) in [5.74, 6) is 0. The lowest BCUT2D eigenvalue weighted by molar-refractivity contribution is 0.727. The lowest BCUT2D eigenvalue weighted by atomic mass is 9.66. The fourth-order valence-corrected chi connectivity index (χ4v) is 7.55. The zero-order chi connectivity index (χ0) is 23.7. The van der Waals surface area contributed by atoms with Crippen molar-refractivity contribution in [2.24, 2.45) is 0 Å². The zero-order valence-corrected chi connectivity index (χ0v) is 20.3. The van der Waals surface area contributed by atoms with Crippen LogP contribution >= 0.6 is 11.8 Å². The molecular weight excluding hydrogens is 454 g/mol. The molecule has 2 heteroatoms. The number of hydrogen-bond acceptors (Lipinski definition) is 2. The molecule has 6 aromatic rings. The van der Waals surface area contributed by atoms with E-state index in [1.165, 1.54) is 48.4 Å². The molecule has 1 nitrogen and oxygen atoms in total. The quantitative estimate of drug-likeness (QED) is 0.235. The monoisotopic (exact) mass is 475 g/mol. The lowest BCUT2D eigenvalue weighted by Gasteiger charge is -2.40. The van der Waals surface area contributed by atoms with Crippen LogP contribution in [0.5, 0.6) is 0 Å². The third-order valence-electron chi connectivity index (χ3n) is 7.72. The van der Waals surface area contributed by atoms with Crippen molar-refractivity contribution in [2.75, 3.05) is 0 Å². The number of hydrogen-bond donors (Lipinski definition) is 0. The third-order valence-corrected chi connectivity index (χ3v) is 8.87. The van der Waals surface area contributed by atoms with Gasteiger partial charge in [-0.3, -0.25) is 0 Å². The van der Waals surface area contributed by atoms with Crippen LogP contribution in [0.2, 0.25) is 0 Å². The Labute approximate surface area is 214 Å². The summed E-state index contributed by atoms with van der Waals surface area (Å²) in [6, 6.07) is 46.2. The van der Waals surface area contributed by atoms with E-state index in [4.69, 9.17) is 4.98 Å². The molecule has 168 valence electrons. The molecule has 0 fully saturated rings. The molecule has 0 N–H and O–H groups in total. The molecule has 0 saturated carbocycles. The van der Waals surface area contributed by atoms with Gasteiger partial charge in [-0.1, -0.05) is 127 Å². The van der Waals surface area contributed by atoms with E-state index in [2.05, 4.69) is 127 Å². The number of benzene rings is 5. The molecule has 5 aromatic carbocycles. The van der Waals surface area contributed by atoms with Gasteiger partial charge in [-0.2, -0.15) is 0 Å². The summed E-state index contributed by atoms with van der Waals surface area (Å²) in [5.41, 5.74) is 9.43. The second-order valence-corrected chi connectivity index (χ2v) is 10.6. The summed E-state index contributed by atoms with van der Waals surface area (Å²) in [6.45, 7) is 0. The first-order valence-electron chi connectivity index (χ1n) is 12.3. The Balaban J connectivity index is 1.62. The maximum atomic E-state index is 5.48. The molecule has 0 saturated heterocycles. The van der Waals surface area contributed by atoms with Crippen LogP contribution in [0, 0.1) is 0 Å². The average Bonchev–Trinajstić information content (AvgIpc) is 3.24. The van der Waals surface area contributed by atoms with Crippen LogP contribution in [0.15, 0.2) is 137 Å². The first-order valence-corrected chi connectivity index (χ1v) is 13.1. The van der Waals surface area contributed by atoms with Crippen molar-refractivity contribution >= 4 is 22.5 Å². The lowest BCUT2D eigenvalue weighted by Crippen LogP contribution is -2.32. The minimum atomic E-state index is -0.411. The number of aromatic nitrogens is 1. The van der Waals surface area contributed by atoms with Crippen LogP contribution < -0.4 is 0 Å². The largest absolute Gasteiger partial charge is 0.247 e. The van der Waals surface area contributed by atoms with Gasteiger partial charge < -0.3 is 0 Å². The second-order valence-electron chi connectivity index (χ2n) is 9.49. The highest BCUT2D eigenvalue weighted by Gasteiger charge is 2.51.